The highest BCUT2D eigenvalue weighted by atomic mass is 35.5. The number of methoxy groups -OCH3 is 1. The molecule has 3 saturated heterocycles. The van der Waals surface area contributed by atoms with Crippen LogP contribution in [0.3, 0.4) is 0 Å². The van der Waals surface area contributed by atoms with Gasteiger partial charge in [-0.05, 0) is 74.2 Å². The van der Waals surface area contributed by atoms with Crippen molar-refractivity contribution in [3.05, 3.63) is 152 Å². The second-order valence-corrected chi connectivity index (χ2v) is 21.4. The Kier molecular flexibility index (Phi) is 23.4. The number of alkyl halides is 12. The van der Waals surface area contributed by atoms with Gasteiger partial charge in [-0.1, -0.05) is 60.7 Å². The summed E-state index contributed by atoms with van der Waals surface area (Å²) in [6, 6.07) is 21.2. The van der Waals surface area contributed by atoms with Crippen LogP contribution in [0.15, 0.2) is 97.1 Å². The maximum absolute atomic E-state index is 13.3. The van der Waals surface area contributed by atoms with E-state index in [1.54, 1.807) is 35.6 Å². The van der Waals surface area contributed by atoms with Gasteiger partial charge in [-0.2, -0.15) is 52.7 Å². The molecule has 4 aromatic carbocycles. The first kappa shape index (κ1) is 69.6. The van der Waals surface area contributed by atoms with Crippen LogP contribution in [-0.2, 0) is 69.7 Å². The molecule has 3 aliphatic heterocycles. The molecule has 1 spiro atoms. The van der Waals surface area contributed by atoms with Gasteiger partial charge in [0.25, 0.3) is 5.54 Å². The van der Waals surface area contributed by atoms with Gasteiger partial charge in [0, 0.05) is 54.4 Å². The summed E-state index contributed by atoms with van der Waals surface area (Å²) in [6.45, 7) is 3.34. The van der Waals surface area contributed by atoms with E-state index < -0.39 is 96.8 Å². The molecule has 6 atom stereocenters. The maximum Gasteiger partial charge on any atom is 0.416 e. The molecule has 7 N–H and O–H groups in total. The van der Waals surface area contributed by atoms with Gasteiger partial charge >= 0.3 is 30.7 Å². The average Bonchev–Trinajstić information content (AvgIpc) is 3.79. The number of halogens is 13. The number of ether oxygens (including phenoxy) is 3. The molecule has 0 unspecified atom stereocenters. The van der Waals surface area contributed by atoms with Gasteiger partial charge in [-0.15, -0.1) is 0 Å². The van der Waals surface area contributed by atoms with Crippen LogP contribution in [0.2, 0.25) is 0 Å². The third-order valence-corrected chi connectivity index (χ3v) is 14.5. The standard InChI is InChI=1S/C26H28F6N2O5.C25H26F6N2O2.CH4O3S.ClH.H2O/c1-17(18-12-20(25(27,28)29)14-21(13-18)26(30,31)32)39-16-24(19-6-4-3-5-7-19)11-10-23(15-33-24,34(36)37)9-8-22(35)38-2;1-16(17-11-19(24(26,27)28)13-20(12-17)25(29,30)31)35-15-23(18-5-3-2-4-6-18)10-9-22(14-32-23)8-7-21(34)33-22;1-5(2,3)4;;/h3-7,12-14,17,33H,8-11,15-16H2,1-2H3;2-6,11-13,16,32H,7-10,14-15H2,1H3,(H,33,34);1H3,(H,2,3,4);1H;1H2/t17-,23-,24-;16-,22-,23-;;;/m11.../s1. The molecule has 0 radical (unpaired) electrons. The number of esters is 1. The van der Waals surface area contributed by atoms with E-state index in [1.165, 1.54) is 21.0 Å². The van der Waals surface area contributed by atoms with Crippen LogP contribution in [-0.4, -0.2) is 86.0 Å². The van der Waals surface area contributed by atoms with Gasteiger partial charge in [0.1, 0.15) is 30.8 Å². The summed E-state index contributed by atoms with van der Waals surface area (Å²) in [5, 5.41) is 18.9. The van der Waals surface area contributed by atoms with Gasteiger partial charge in [0.15, 0.2) is 0 Å². The lowest BCUT2D eigenvalue weighted by atomic mass is 9.75. The summed E-state index contributed by atoms with van der Waals surface area (Å²) in [5.74, 6) is -0.562. The van der Waals surface area contributed by atoms with Crippen molar-refractivity contribution >= 4 is 22.0 Å². The quantitative estimate of drug-likeness (QED) is 0.0498. The number of nitrogens with zero attached hydrogens (tertiary/aromatic N) is 1. The highest BCUT2D eigenvalue weighted by Gasteiger charge is 2.55. The van der Waals surface area contributed by atoms with Crippen LogP contribution >= 0.6 is 0 Å². The second kappa shape index (κ2) is 27.2. The number of hydrogen-bond acceptors (Lipinski definition) is 10. The van der Waals surface area contributed by atoms with E-state index in [0.29, 0.717) is 56.3 Å². The molecule has 452 valence electrons. The highest BCUT2D eigenvalue weighted by molar-refractivity contribution is 7.84. The zero-order valence-corrected chi connectivity index (χ0v) is 45.5. The molecule has 0 aliphatic carbocycles. The summed E-state index contributed by atoms with van der Waals surface area (Å²) < 4.78 is 203. The summed E-state index contributed by atoms with van der Waals surface area (Å²) >= 11 is 0. The first-order chi connectivity index (χ1) is 36.4. The van der Waals surface area contributed by atoms with Crippen LogP contribution in [0.1, 0.15) is 122 Å². The maximum atomic E-state index is 13.3. The van der Waals surface area contributed by atoms with E-state index in [2.05, 4.69) is 15.4 Å². The number of quaternary nitrogens is 2. The minimum atomic E-state index is -4.99. The Balaban J connectivity index is 0.000000385. The number of nitro groups is 1. The number of nitrogens with two attached hydrogens (primary N) is 2. The number of hydrogen-bond donors (Lipinski definition) is 3. The summed E-state index contributed by atoms with van der Waals surface area (Å²) in [5.41, 5.74) is -7.59. The summed E-state index contributed by atoms with van der Waals surface area (Å²) in [7, 11) is -2.73. The predicted octanol–water partition coefficient (Wildman–Crippen LogP) is 5.07. The smallest absolute Gasteiger partial charge is 0.416 e. The van der Waals surface area contributed by atoms with Gasteiger partial charge in [-0.25, -0.2) is 8.42 Å². The van der Waals surface area contributed by atoms with E-state index in [-0.39, 0.29) is 98.0 Å². The largest absolute Gasteiger partial charge is 1.00 e. The molecule has 3 aliphatic rings. The fraction of sp³-hybridized carbons (Fsp3) is 0.500. The molecule has 1 amide bonds. The lowest BCUT2D eigenvalue weighted by Crippen LogP contribution is -3.01. The Hall–Kier alpha value is -5.62. The van der Waals surface area contributed by atoms with Gasteiger partial charge < -0.3 is 52.6 Å². The van der Waals surface area contributed by atoms with E-state index in [4.69, 9.17) is 22.4 Å². The van der Waals surface area contributed by atoms with Gasteiger partial charge in [0.05, 0.1) is 70.2 Å². The normalized spacial score (nSPS) is 23.0. The van der Waals surface area contributed by atoms with Crippen molar-refractivity contribution < 1.29 is 123 Å². The fourth-order valence-electron chi connectivity index (χ4n) is 9.80. The summed E-state index contributed by atoms with van der Waals surface area (Å²) in [4.78, 5) is 35.1. The first-order valence-electron chi connectivity index (χ1n) is 24.5. The van der Waals surface area contributed by atoms with Crippen molar-refractivity contribution in [3.8, 4) is 0 Å². The lowest BCUT2D eigenvalue weighted by molar-refractivity contribution is -0.788. The Labute approximate surface area is 464 Å². The Morgan fingerprint density at radius 1 is 0.667 bits per heavy atom. The van der Waals surface area contributed by atoms with E-state index in [9.17, 15) is 72.4 Å². The highest BCUT2D eigenvalue weighted by Crippen LogP contribution is 2.42. The molecule has 3 fully saturated rings. The van der Waals surface area contributed by atoms with E-state index in [0.717, 1.165) is 17.5 Å². The number of carbonyl (C=O) groups is 2. The number of carbonyl (C=O) groups excluding carboxylic acids is 2. The van der Waals surface area contributed by atoms with Crippen LogP contribution in [0, 0.1) is 10.1 Å². The molecular weight excluding hydrogens is 1150 g/mol. The molecule has 15 nitrogen and oxygen atoms in total. The average molecular weight is 1210 g/mol. The minimum absolute atomic E-state index is 0. The summed E-state index contributed by atoms with van der Waals surface area (Å²) in [6.07, 6.45) is -18.8. The van der Waals surface area contributed by atoms with Crippen molar-refractivity contribution in [1.29, 1.82) is 0 Å². The first-order valence-corrected chi connectivity index (χ1v) is 26.3. The van der Waals surface area contributed by atoms with E-state index in [1.807, 2.05) is 30.3 Å². The minimum Gasteiger partial charge on any atom is -1.00 e. The number of amides is 1. The molecule has 0 bridgehead atoms. The number of benzene rings is 4. The molecule has 3 heterocycles. The lowest BCUT2D eigenvalue weighted by Gasteiger charge is -2.43. The van der Waals surface area contributed by atoms with Crippen molar-refractivity contribution in [2.45, 2.75) is 124 Å². The molecule has 0 aromatic heterocycles. The topological polar surface area (TPSA) is 239 Å². The van der Waals surface area contributed by atoms with Crippen LogP contribution < -0.4 is 28.4 Å². The van der Waals surface area contributed by atoms with Crippen molar-refractivity contribution in [1.82, 2.24) is 5.32 Å². The third kappa shape index (κ3) is 19.0. The van der Waals surface area contributed by atoms with E-state index >= 15 is 0 Å². The Bertz CT molecular complexity index is 2780. The number of piperidine rings is 2. The molecular formula is C52H61ClF12N4O11S. The van der Waals surface area contributed by atoms with Crippen molar-refractivity contribution in [2.75, 3.05) is 39.7 Å². The Morgan fingerprint density at radius 2 is 1.04 bits per heavy atom. The zero-order chi connectivity index (χ0) is 59.0. The number of nitrogens with one attached hydrogen (secondary N) is 1. The van der Waals surface area contributed by atoms with Crippen LogP contribution in [0.25, 0.3) is 0 Å². The van der Waals surface area contributed by atoms with Crippen LogP contribution in [0.5, 0.6) is 0 Å². The van der Waals surface area contributed by atoms with Crippen molar-refractivity contribution in [2.24, 2.45) is 0 Å². The third-order valence-electron chi connectivity index (χ3n) is 14.5. The predicted molar refractivity (Wildman–Crippen MR) is 260 cm³/mol. The van der Waals surface area contributed by atoms with Gasteiger partial charge in [-0.3, -0.25) is 19.7 Å². The van der Waals surface area contributed by atoms with Crippen LogP contribution in [0.4, 0.5) is 52.7 Å². The monoisotopic (exact) mass is 1210 g/mol. The second-order valence-electron chi connectivity index (χ2n) is 20.0. The number of rotatable bonds is 14. The molecule has 4 aromatic rings. The fourth-order valence-corrected chi connectivity index (χ4v) is 9.80. The SMILES string of the molecule is COC(=O)CC[C@@]1([N+](=O)[O-])CC[C@@](CO[C@H](C)c2cc(C(F)(F)F)cc(C(F)(F)F)c2)(c2ccccc2)[NH2+]C1.CS(=O)(=O)[O-].C[C@@H](OC[C@@]1(c2ccccc2)CC[C@]2(CCC(=O)N2)C[NH2+]1)c1cc(C(F)(F)F)cc(C(F)(F)F)c1.O.[Cl-]. The molecule has 0 saturated carbocycles. The molecule has 81 heavy (non-hydrogen) atoms. The molecule has 29 heteroatoms. The van der Waals surface area contributed by atoms with Crippen molar-refractivity contribution in [3.63, 3.8) is 0 Å². The zero-order valence-electron chi connectivity index (χ0n) is 43.9. The Morgan fingerprint density at radius 3 is 1.32 bits per heavy atom. The van der Waals surface area contributed by atoms with Gasteiger partial charge in [0.2, 0.25) is 5.91 Å². The molecule has 7 rings (SSSR count).